The number of rotatable bonds is 1. The van der Waals surface area contributed by atoms with Gasteiger partial charge in [0, 0.05) is 18.0 Å². The molecule has 1 N–H and O–H groups in total. The van der Waals surface area contributed by atoms with E-state index < -0.39 is 18.2 Å². The minimum Gasteiger partial charge on any atom is -0.530 e. The molecule has 1 aliphatic heterocycles. The van der Waals surface area contributed by atoms with Crippen LogP contribution in [0.25, 0.3) is 10.4 Å². The SMILES string of the molecule is [N-]=[N+]=NC1CCN(C(=O)[O-])CC1O. The minimum atomic E-state index is -1.31. The fourth-order valence-electron chi connectivity index (χ4n) is 1.29. The van der Waals surface area contributed by atoms with Crippen LogP contribution in [-0.2, 0) is 0 Å². The first kappa shape index (κ1) is 9.63. The lowest BCUT2D eigenvalue weighted by Gasteiger charge is -2.35. The van der Waals surface area contributed by atoms with Crippen LogP contribution in [0.3, 0.4) is 0 Å². The predicted octanol–water partition coefficient (Wildman–Crippen LogP) is -0.925. The van der Waals surface area contributed by atoms with E-state index in [0.717, 1.165) is 4.90 Å². The van der Waals surface area contributed by atoms with Crippen LogP contribution in [-0.4, -0.2) is 41.3 Å². The summed E-state index contributed by atoms with van der Waals surface area (Å²) >= 11 is 0. The van der Waals surface area contributed by atoms with Gasteiger partial charge in [0.15, 0.2) is 0 Å². The molecule has 0 aromatic carbocycles. The summed E-state index contributed by atoms with van der Waals surface area (Å²) in [5.74, 6) is 0. The molecule has 0 aliphatic carbocycles. The number of β-amino-alcohol motifs (C(OH)–C–C–N with tert-alkyl or cyclic N) is 1. The molecule has 1 saturated heterocycles. The van der Waals surface area contributed by atoms with E-state index in [-0.39, 0.29) is 13.1 Å². The second kappa shape index (κ2) is 3.97. The Hall–Kier alpha value is -1.46. The van der Waals surface area contributed by atoms with Crippen LogP contribution in [0, 0.1) is 0 Å². The van der Waals surface area contributed by atoms with Crippen LogP contribution < -0.4 is 5.11 Å². The lowest BCUT2D eigenvalue weighted by atomic mass is 10.0. The van der Waals surface area contributed by atoms with Crippen molar-refractivity contribution in [1.29, 1.82) is 0 Å². The Morgan fingerprint density at radius 1 is 1.77 bits per heavy atom. The number of hydrogen-bond acceptors (Lipinski definition) is 4. The number of hydrogen-bond donors (Lipinski definition) is 1. The molecule has 7 heteroatoms. The number of azide groups is 1. The van der Waals surface area contributed by atoms with Crippen molar-refractivity contribution in [3.05, 3.63) is 10.4 Å². The van der Waals surface area contributed by atoms with Crippen molar-refractivity contribution >= 4 is 6.09 Å². The quantitative estimate of drug-likeness (QED) is 0.323. The summed E-state index contributed by atoms with van der Waals surface area (Å²) in [6.45, 7) is 0.190. The number of piperidine rings is 1. The van der Waals surface area contributed by atoms with Gasteiger partial charge in [0.1, 0.15) is 6.09 Å². The minimum absolute atomic E-state index is 0.0496. The van der Waals surface area contributed by atoms with Gasteiger partial charge in [-0.1, -0.05) is 5.11 Å². The van der Waals surface area contributed by atoms with Crippen LogP contribution in [0.2, 0.25) is 0 Å². The molecule has 0 saturated carbocycles. The van der Waals surface area contributed by atoms with E-state index in [2.05, 4.69) is 10.0 Å². The van der Waals surface area contributed by atoms with E-state index in [1.54, 1.807) is 0 Å². The summed E-state index contributed by atoms with van der Waals surface area (Å²) in [7, 11) is 0. The number of carboxylic acid groups (broad SMARTS) is 1. The van der Waals surface area contributed by atoms with Crippen molar-refractivity contribution in [2.24, 2.45) is 5.11 Å². The van der Waals surface area contributed by atoms with E-state index in [4.69, 9.17) is 5.53 Å². The molecule has 0 bridgehead atoms. The number of aliphatic hydroxyl groups excluding tert-OH is 1. The maximum absolute atomic E-state index is 10.4. The van der Waals surface area contributed by atoms with E-state index in [1.165, 1.54) is 0 Å². The van der Waals surface area contributed by atoms with E-state index in [1.807, 2.05) is 0 Å². The van der Waals surface area contributed by atoms with Gasteiger partial charge >= 0.3 is 0 Å². The van der Waals surface area contributed by atoms with Gasteiger partial charge in [0.2, 0.25) is 0 Å². The number of aliphatic hydroxyl groups is 1. The highest BCUT2D eigenvalue weighted by Crippen LogP contribution is 2.13. The molecule has 2 atom stereocenters. The number of carbonyl (C=O) groups is 1. The topological polar surface area (TPSA) is 112 Å². The lowest BCUT2D eigenvalue weighted by molar-refractivity contribution is -0.267. The molecular formula is C6H9N4O3-. The predicted molar refractivity (Wildman–Crippen MR) is 40.5 cm³/mol. The van der Waals surface area contributed by atoms with Crippen molar-refractivity contribution in [2.75, 3.05) is 13.1 Å². The zero-order valence-corrected chi connectivity index (χ0v) is 6.83. The van der Waals surface area contributed by atoms with Gasteiger partial charge in [0.05, 0.1) is 12.1 Å². The highest BCUT2D eigenvalue weighted by atomic mass is 16.4. The Bertz CT molecular complexity index is 250. The van der Waals surface area contributed by atoms with Crippen LogP contribution >= 0.6 is 0 Å². The largest absolute Gasteiger partial charge is 0.530 e. The van der Waals surface area contributed by atoms with Crippen LogP contribution in [0.15, 0.2) is 5.11 Å². The molecule has 1 aliphatic rings. The smallest absolute Gasteiger partial charge is 0.137 e. The summed E-state index contributed by atoms with van der Waals surface area (Å²) in [4.78, 5) is 13.9. The normalized spacial score (nSPS) is 27.9. The molecule has 72 valence electrons. The van der Waals surface area contributed by atoms with Crippen LogP contribution in [0.4, 0.5) is 4.79 Å². The molecule has 0 aromatic heterocycles. The molecule has 1 heterocycles. The Morgan fingerprint density at radius 3 is 2.92 bits per heavy atom. The molecular weight excluding hydrogens is 176 g/mol. The molecule has 13 heavy (non-hydrogen) atoms. The van der Waals surface area contributed by atoms with E-state index in [9.17, 15) is 15.0 Å². The van der Waals surface area contributed by atoms with Gasteiger partial charge in [-0.05, 0) is 12.0 Å². The fourth-order valence-corrected chi connectivity index (χ4v) is 1.29. The summed E-state index contributed by atoms with van der Waals surface area (Å²) in [5, 5.41) is 23.0. The van der Waals surface area contributed by atoms with Gasteiger partial charge in [0.25, 0.3) is 0 Å². The van der Waals surface area contributed by atoms with E-state index in [0.29, 0.717) is 6.42 Å². The summed E-state index contributed by atoms with van der Waals surface area (Å²) in [6.07, 6.45) is -1.90. The van der Waals surface area contributed by atoms with Crippen molar-refractivity contribution in [1.82, 2.24) is 4.90 Å². The third kappa shape index (κ3) is 2.24. The van der Waals surface area contributed by atoms with Crippen molar-refractivity contribution < 1.29 is 15.0 Å². The number of nitrogens with zero attached hydrogens (tertiary/aromatic N) is 4. The molecule has 0 radical (unpaired) electrons. The number of carbonyl (C=O) groups excluding carboxylic acids is 1. The van der Waals surface area contributed by atoms with Crippen LogP contribution in [0.5, 0.6) is 0 Å². The summed E-state index contributed by atoms with van der Waals surface area (Å²) in [5.41, 5.74) is 8.12. The van der Waals surface area contributed by atoms with Crippen molar-refractivity contribution in [3.63, 3.8) is 0 Å². The highest BCUT2D eigenvalue weighted by molar-refractivity contribution is 5.62. The maximum atomic E-state index is 10.4. The second-order valence-corrected chi connectivity index (χ2v) is 2.84. The molecule has 2 unspecified atom stereocenters. The van der Waals surface area contributed by atoms with Crippen molar-refractivity contribution in [3.8, 4) is 0 Å². The monoisotopic (exact) mass is 185 g/mol. The third-order valence-electron chi connectivity index (χ3n) is 2.00. The molecule has 7 nitrogen and oxygen atoms in total. The van der Waals surface area contributed by atoms with Gasteiger partial charge < -0.3 is 19.9 Å². The van der Waals surface area contributed by atoms with Gasteiger partial charge in [-0.2, -0.15) is 0 Å². The standard InChI is InChI=1S/C6H10N4O3/c7-9-8-4-1-2-10(6(12)13)3-5(4)11/h4-5,11H,1-3H2,(H,12,13)/p-1. The van der Waals surface area contributed by atoms with Gasteiger partial charge in [-0.25, -0.2) is 0 Å². The molecule has 1 amide bonds. The second-order valence-electron chi connectivity index (χ2n) is 2.84. The summed E-state index contributed by atoms with van der Waals surface area (Å²) < 4.78 is 0. The molecule has 0 aromatic rings. The third-order valence-corrected chi connectivity index (χ3v) is 2.00. The van der Waals surface area contributed by atoms with Gasteiger partial charge in [-0.15, -0.1) is 0 Å². The summed E-state index contributed by atoms with van der Waals surface area (Å²) in [6, 6.07) is -0.527. The fraction of sp³-hybridized carbons (Fsp3) is 0.833. The average Bonchev–Trinajstić information content (AvgIpc) is 2.08. The average molecular weight is 185 g/mol. The molecule has 0 spiro atoms. The highest BCUT2D eigenvalue weighted by Gasteiger charge is 2.26. The number of likely N-dealkylation sites (tertiary alicyclic amines) is 1. The van der Waals surface area contributed by atoms with E-state index >= 15 is 0 Å². The number of amides is 1. The van der Waals surface area contributed by atoms with Crippen molar-refractivity contribution in [2.45, 2.75) is 18.6 Å². The maximum Gasteiger partial charge on any atom is 0.137 e. The van der Waals surface area contributed by atoms with Gasteiger partial charge in [-0.3, -0.25) is 0 Å². The first-order valence-electron chi connectivity index (χ1n) is 3.83. The molecule has 1 fully saturated rings. The zero-order chi connectivity index (χ0) is 9.84. The van der Waals surface area contributed by atoms with Crippen LogP contribution in [0.1, 0.15) is 6.42 Å². The lowest BCUT2D eigenvalue weighted by Crippen LogP contribution is -2.52. The Balaban J connectivity index is 2.56. The first-order chi connectivity index (χ1) is 6.15. The zero-order valence-electron chi connectivity index (χ0n) is 6.83. The molecule has 1 rings (SSSR count). The Morgan fingerprint density at radius 2 is 2.46 bits per heavy atom. The Labute approximate surface area is 74.2 Å². The first-order valence-corrected chi connectivity index (χ1v) is 3.83. The Kier molecular flexibility index (Phi) is 2.94.